The van der Waals surface area contributed by atoms with Gasteiger partial charge in [0.1, 0.15) is 0 Å². The molecule has 6 nitrogen and oxygen atoms in total. The molecule has 2 N–H and O–H groups in total. The third kappa shape index (κ3) is 8.07. The summed E-state index contributed by atoms with van der Waals surface area (Å²) >= 11 is 0. The van der Waals surface area contributed by atoms with E-state index in [-0.39, 0.29) is 0 Å². The maximum Gasteiger partial charge on any atom is 0.231 e. The third-order valence-corrected chi connectivity index (χ3v) is 2.39. The average Bonchev–Trinajstić information content (AvgIpc) is 2.51. The predicted octanol–water partition coefficient (Wildman–Crippen LogP) is 4.52. The number of nitrogens with one attached hydrogen (secondary N) is 2. The van der Waals surface area contributed by atoms with Crippen molar-refractivity contribution in [2.45, 2.75) is 13.8 Å². The quantitative estimate of drug-likeness (QED) is 0.483. The summed E-state index contributed by atoms with van der Waals surface area (Å²) in [6.45, 7) is 4.10. The molecule has 112 valence electrons. The van der Waals surface area contributed by atoms with Crippen molar-refractivity contribution in [2.75, 3.05) is 0 Å². The van der Waals surface area contributed by atoms with Crippen LogP contribution < -0.4 is 0 Å². The lowest BCUT2D eigenvalue weighted by Gasteiger charge is -1.99. The molecule has 2 aromatic rings. The van der Waals surface area contributed by atoms with E-state index in [9.17, 15) is 0 Å². The molecule has 0 unspecified atom stereocenters. The van der Waals surface area contributed by atoms with Gasteiger partial charge in [0, 0.05) is 0 Å². The second-order valence-corrected chi connectivity index (χ2v) is 4.03. The smallest absolute Gasteiger partial charge is 0.222 e. The maximum absolute atomic E-state index is 8.35. The third-order valence-electron chi connectivity index (χ3n) is 2.39. The SMILES string of the molecule is Cc1ccc(C)c(N=Nc2ccccc2)c1.N=C=O.N=C=O. The number of aryl methyl sites for hydroxylation is 2. The molecule has 0 bridgehead atoms. The summed E-state index contributed by atoms with van der Waals surface area (Å²) in [6.07, 6.45) is 1.50. The molecule has 0 saturated heterocycles. The molecule has 0 aliphatic carbocycles. The van der Waals surface area contributed by atoms with Crippen molar-refractivity contribution < 1.29 is 9.59 Å². The number of benzene rings is 2. The zero-order chi connectivity index (χ0) is 16.8. The van der Waals surface area contributed by atoms with E-state index in [1.165, 1.54) is 5.56 Å². The molecule has 6 heteroatoms. The van der Waals surface area contributed by atoms with Gasteiger partial charge in [-0.3, -0.25) is 0 Å². The van der Waals surface area contributed by atoms with Crippen molar-refractivity contribution in [3.05, 3.63) is 59.7 Å². The highest BCUT2D eigenvalue weighted by Gasteiger charge is 1.96. The summed E-state index contributed by atoms with van der Waals surface area (Å²) in [5.74, 6) is 0. The van der Waals surface area contributed by atoms with Crippen LogP contribution in [0.15, 0.2) is 58.8 Å². The fourth-order valence-corrected chi connectivity index (χ4v) is 1.43. The molecular formula is C16H16N4O2. The number of isocyanates is 2. The first-order valence-electron chi connectivity index (χ1n) is 6.20. The van der Waals surface area contributed by atoms with Crippen molar-refractivity contribution in [2.24, 2.45) is 10.2 Å². The van der Waals surface area contributed by atoms with Gasteiger partial charge in [-0.15, -0.1) is 0 Å². The zero-order valence-corrected chi connectivity index (χ0v) is 12.3. The Labute approximate surface area is 128 Å². The first-order valence-corrected chi connectivity index (χ1v) is 6.20. The van der Waals surface area contributed by atoms with E-state index in [4.69, 9.17) is 20.4 Å². The van der Waals surface area contributed by atoms with E-state index in [1.54, 1.807) is 0 Å². The Morgan fingerprint density at radius 2 is 1.41 bits per heavy atom. The Morgan fingerprint density at radius 1 is 0.864 bits per heavy atom. The van der Waals surface area contributed by atoms with Crippen LogP contribution >= 0.6 is 0 Å². The van der Waals surface area contributed by atoms with Gasteiger partial charge in [0.2, 0.25) is 12.2 Å². The lowest BCUT2D eigenvalue weighted by molar-refractivity contribution is 0.562. The topological polar surface area (TPSA) is 107 Å². The summed E-state index contributed by atoms with van der Waals surface area (Å²) < 4.78 is 0. The van der Waals surface area contributed by atoms with Gasteiger partial charge in [0.05, 0.1) is 11.4 Å². The first kappa shape index (κ1) is 18.8. The molecule has 0 radical (unpaired) electrons. The Morgan fingerprint density at radius 3 is 1.95 bits per heavy atom. The van der Waals surface area contributed by atoms with Crippen LogP contribution in [0.25, 0.3) is 0 Å². The Kier molecular flexibility index (Phi) is 9.92. The largest absolute Gasteiger partial charge is 0.231 e. The normalized spacial score (nSPS) is 8.64. The number of hydrogen-bond donors (Lipinski definition) is 2. The van der Waals surface area contributed by atoms with Crippen molar-refractivity contribution >= 4 is 23.5 Å². The zero-order valence-electron chi connectivity index (χ0n) is 12.3. The Bertz CT molecular complexity index is 658. The van der Waals surface area contributed by atoms with E-state index in [2.05, 4.69) is 29.3 Å². The minimum atomic E-state index is 0.750. The first-order chi connectivity index (χ1) is 10.6. The summed E-state index contributed by atoms with van der Waals surface area (Å²) in [4.78, 5) is 16.7. The fraction of sp³-hybridized carbons (Fsp3) is 0.125. The molecule has 0 amide bonds. The fourth-order valence-electron chi connectivity index (χ4n) is 1.43. The Balaban J connectivity index is 0.000000639. The van der Waals surface area contributed by atoms with Crippen LogP contribution in [0, 0.1) is 24.7 Å². The minimum Gasteiger partial charge on any atom is -0.222 e. The van der Waals surface area contributed by atoms with Gasteiger partial charge in [-0.2, -0.15) is 10.2 Å². The van der Waals surface area contributed by atoms with Crippen LogP contribution in [-0.2, 0) is 9.59 Å². The van der Waals surface area contributed by atoms with Crippen LogP contribution in [0.3, 0.4) is 0 Å². The van der Waals surface area contributed by atoms with Gasteiger partial charge in [-0.25, -0.2) is 20.4 Å². The van der Waals surface area contributed by atoms with Gasteiger partial charge >= 0.3 is 0 Å². The number of azo groups is 1. The van der Waals surface area contributed by atoms with Crippen LogP contribution in [0.2, 0.25) is 0 Å². The molecule has 2 rings (SSSR count). The monoisotopic (exact) mass is 296 g/mol. The Hall–Kier alpha value is -3.20. The lowest BCUT2D eigenvalue weighted by Crippen LogP contribution is -1.75. The standard InChI is InChI=1S/C14H14N2.2CHNO/c1-11-8-9-12(2)14(10-11)16-15-13-6-4-3-5-7-13;2*2-1-3/h3-10H,1-2H3;2*2H. The lowest BCUT2D eigenvalue weighted by atomic mass is 10.1. The van der Waals surface area contributed by atoms with Crippen LogP contribution in [0.1, 0.15) is 11.1 Å². The molecule has 0 heterocycles. The van der Waals surface area contributed by atoms with E-state index in [0.717, 1.165) is 29.1 Å². The highest BCUT2D eigenvalue weighted by atomic mass is 16.1. The van der Waals surface area contributed by atoms with E-state index < -0.39 is 0 Å². The molecule has 2 aromatic carbocycles. The van der Waals surface area contributed by atoms with Crippen LogP contribution in [0.5, 0.6) is 0 Å². The number of rotatable bonds is 2. The molecule has 0 atom stereocenters. The summed E-state index contributed by atoms with van der Waals surface area (Å²) in [6, 6.07) is 15.9. The van der Waals surface area contributed by atoms with Gasteiger partial charge < -0.3 is 0 Å². The van der Waals surface area contributed by atoms with Crippen molar-refractivity contribution in [1.29, 1.82) is 10.8 Å². The number of carbonyl (C=O) groups excluding carboxylic acids is 2. The molecule has 22 heavy (non-hydrogen) atoms. The highest BCUT2D eigenvalue weighted by Crippen LogP contribution is 2.22. The average molecular weight is 296 g/mol. The van der Waals surface area contributed by atoms with Gasteiger partial charge in [0.25, 0.3) is 0 Å². The summed E-state index contributed by atoms with van der Waals surface area (Å²) in [7, 11) is 0. The second kappa shape index (κ2) is 11.6. The van der Waals surface area contributed by atoms with Gasteiger partial charge in [0.15, 0.2) is 0 Å². The molecule has 0 saturated carbocycles. The van der Waals surface area contributed by atoms with Crippen LogP contribution in [-0.4, -0.2) is 12.2 Å². The van der Waals surface area contributed by atoms with E-state index in [1.807, 2.05) is 43.3 Å². The molecule has 0 aliphatic heterocycles. The molecular weight excluding hydrogens is 280 g/mol. The van der Waals surface area contributed by atoms with E-state index >= 15 is 0 Å². The molecule has 0 aliphatic rings. The molecule has 0 spiro atoms. The number of hydrogen-bond acceptors (Lipinski definition) is 6. The van der Waals surface area contributed by atoms with Crippen molar-refractivity contribution in [3.63, 3.8) is 0 Å². The van der Waals surface area contributed by atoms with Crippen LogP contribution in [0.4, 0.5) is 11.4 Å². The van der Waals surface area contributed by atoms with Gasteiger partial charge in [-0.1, -0.05) is 30.3 Å². The number of nitrogens with zero attached hydrogens (tertiary/aromatic N) is 2. The predicted molar refractivity (Wildman–Crippen MR) is 83.4 cm³/mol. The second-order valence-electron chi connectivity index (χ2n) is 4.03. The minimum absolute atomic E-state index is 0.750. The molecule has 0 fully saturated rings. The van der Waals surface area contributed by atoms with Crippen molar-refractivity contribution in [3.8, 4) is 0 Å². The van der Waals surface area contributed by atoms with Gasteiger partial charge in [-0.05, 0) is 43.2 Å². The molecule has 0 aromatic heterocycles. The summed E-state index contributed by atoms with van der Waals surface area (Å²) in [5, 5.41) is 19.3. The highest BCUT2D eigenvalue weighted by molar-refractivity contribution is 5.47. The maximum atomic E-state index is 8.35. The van der Waals surface area contributed by atoms with Crippen molar-refractivity contribution in [1.82, 2.24) is 0 Å². The van der Waals surface area contributed by atoms with E-state index in [0.29, 0.717) is 0 Å². The summed E-state index contributed by atoms with van der Waals surface area (Å²) in [5.41, 5.74) is 4.16.